The minimum absolute atomic E-state index is 0.0260. The number of nitrogens with zero attached hydrogens (tertiary/aromatic N) is 4. The molecule has 0 aromatic carbocycles. The highest BCUT2D eigenvalue weighted by Gasteiger charge is 2.37. The number of fused-ring (bicyclic) bond motifs is 2. The van der Waals surface area contributed by atoms with Crippen molar-refractivity contribution in [3.8, 4) is 0 Å². The Balaban J connectivity index is 1.27. The van der Waals surface area contributed by atoms with E-state index in [2.05, 4.69) is 20.6 Å². The first-order valence-electron chi connectivity index (χ1n) is 12.8. The predicted molar refractivity (Wildman–Crippen MR) is 146 cm³/mol. The minimum atomic E-state index is -1.08. The summed E-state index contributed by atoms with van der Waals surface area (Å²) < 4.78 is 5.94. The van der Waals surface area contributed by atoms with Gasteiger partial charge in [0.2, 0.25) is 5.95 Å². The highest BCUT2D eigenvalue weighted by Crippen LogP contribution is 2.35. The molecule has 1 aliphatic heterocycles. The number of nitrogens with two attached hydrogens (primary N) is 1. The van der Waals surface area contributed by atoms with Crippen LogP contribution in [-0.4, -0.2) is 69.4 Å². The molecule has 3 aromatic heterocycles. The second-order valence-corrected chi connectivity index (χ2v) is 11.3. The van der Waals surface area contributed by atoms with E-state index in [9.17, 15) is 14.7 Å². The molecule has 12 heteroatoms. The number of carbonyl (C=O) groups excluding carboxylic acids is 1. The first-order valence-corrected chi connectivity index (χ1v) is 13.6. The molecule has 0 saturated carbocycles. The molecule has 3 aromatic rings. The Morgan fingerprint density at radius 2 is 2.03 bits per heavy atom. The van der Waals surface area contributed by atoms with E-state index >= 15 is 0 Å². The molecule has 4 heterocycles. The summed E-state index contributed by atoms with van der Waals surface area (Å²) in [5.41, 5.74) is 10.7. The molecule has 38 heavy (non-hydrogen) atoms. The molecule has 0 radical (unpaired) electrons. The molecule has 202 valence electrons. The maximum atomic E-state index is 13.1. The molecule has 3 unspecified atom stereocenters. The number of anilines is 2. The second-order valence-electron chi connectivity index (χ2n) is 10.3. The summed E-state index contributed by atoms with van der Waals surface area (Å²) in [6.07, 6.45) is 2.51. The first kappa shape index (κ1) is 26.1. The van der Waals surface area contributed by atoms with E-state index in [1.165, 1.54) is 11.3 Å². The zero-order valence-electron chi connectivity index (χ0n) is 21.9. The zero-order chi connectivity index (χ0) is 27.1. The van der Waals surface area contributed by atoms with E-state index in [0.29, 0.717) is 42.4 Å². The fourth-order valence-corrected chi connectivity index (χ4v) is 6.50. The van der Waals surface area contributed by atoms with Gasteiger partial charge >= 0.3 is 6.09 Å². The van der Waals surface area contributed by atoms with Crippen molar-refractivity contribution in [3.05, 3.63) is 39.7 Å². The molecule has 1 fully saturated rings. The summed E-state index contributed by atoms with van der Waals surface area (Å²) in [6.45, 7) is 8.72. The molecule has 1 aliphatic carbocycles. The van der Waals surface area contributed by atoms with Crippen molar-refractivity contribution in [3.63, 3.8) is 0 Å². The van der Waals surface area contributed by atoms with Crippen LogP contribution in [0.4, 0.5) is 16.4 Å². The van der Waals surface area contributed by atoms with Gasteiger partial charge in [-0.25, -0.2) is 19.7 Å². The van der Waals surface area contributed by atoms with Crippen molar-refractivity contribution >= 4 is 45.2 Å². The van der Waals surface area contributed by atoms with E-state index in [4.69, 9.17) is 15.5 Å². The molecular formula is C26H33N7O4S. The molecule has 3 atom stereocenters. The third-order valence-corrected chi connectivity index (χ3v) is 8.11. The molecule has 5 rings (SSSR count). The number of carbonyl (C=O) groups is 2. The van der Waals surface area contributed by atoms with Gasteiger partial charge in [0.05, 0.1) is 23.9 Å². The van der Waals surface area contributed by atoms with E-state index < -0.39 is 6.09 Å². The number of pyridine rings is 1. The highest BCUT2D eigenvalue weighted by molar-refractivity contribution is 7.21. The van der Waals surface area contributed by atoms with E-state index in [-0.39, 0.29) is 30.2 Å². The van der Waals surface area contributed by atoms with Gasteiger partial charge in [-0.05, 0) is 64.2 Å². The Labute approximate surface area is 224 Å². The monoisotopic (exact) mass is 539 g/mol. The molecule has 1 saturated heterocycles. The third-order valence-electron chi connectivity index (χ3n) is 7.01. The Morgan fingerprint density at radius 3 is 2.76 bits per heavy atom. The van der Waals surface area contributed by atoms with Gasteiger partial charge < -0.3 is 31.1 Å². The van der Waals surface area contributed by atoms with Crippen LogP contribution < -0.4 is 21.3 Å². The summed E-state index contributed by atoms with van der Waals surface area (Å²) in [5, 5.41) is 15.8. The predicted octanol–water partition coefficient (Wildman–Crippen LogP) is 2.82. The number of amides is 2. The van der Waals surface area contributed by atoms with Crippen LogP contribution >= 0.6 is 11.3 Å². The van der Waals surface area contributed by atoms with E-state index in [1.54, 1.807) is 0 Å². The average molecular weight is 540 g/mol. The summed E-state index contributed by atoms with van der Waals surface area (Å²) in [7, 11) is 0. The smallest absolute Gasteiger partial charge is 0.405 e. The van der Waals surface area contributed by atoms with Crippen LogP contribution in [0.25, 0.3) is 10.2 Å². The third kappa shape index (κ3) is 5.23. The fraction of sp³-hybridized carbons (Fsp3) is 0.500. The number of ether oxygens (including phenoxy) is 1. The Morgan fingerprint density at radius 1 is 1.24 bits per heavy atom. The van der Waals surface area contributed by atoms with Crippen molar-refractivity contribution in [2.24, 2.45) is 0 Å². The van der Waals surface area contributed by atoms with Gasteiger partial charge in [-0.2, -0.15) is 0 Å². The quantitative estimate of drug-likeness (QED) is 0.370. The van der Waals surface area contributed by atoms with Crippen molar-refractivity contribution in [2.45, 2.75) is 71.2 Å². The number of thiophene rings is 1. The molecule has 2 amide bonds. The molecule has 11 nitrogen and oxygen atoms in total. The summed E-state index contributed by atoms with van der Waals surface area (Å²) in [6, 6.07) is 1.56. The van der Waals surface area contributed by atoms with Gasteiger partial charge in [0.1, 0.15) is 9.71 Å². The van der Waals surface area contributed by atoms with Crippen LogP contribution in [0, 0.1) is 13.8 Å². The number of carboxylic acid groups (broad SMARTS) is 1. The van der Waals surface area contributed by atoms with Gasteiger partial charge in [-0.15, -0.1) is 11.3 Å². The van der Waals surface area contributed by atoms with Gasteiger partial charge in [0.15, 0.2) is 0 Å². The van der Waals surface area contributed by atoms with Crippen LogP contribution in [0.2, 0.25) is 0 Å². The fourth-order valence-electron chi connectivity index (χ4n) is 5.38. The van der Waals surface area contributed by atoms with Crippen molar-refractivity contribution in [2.75, 3.05) is 23.7 Å². The topological polar surface area (TPSA) is 156 Å². The summed E-state index contributed by atoms with van der Waals surface area (Å²) in [5.74, 6) is 0.383. The SMILES string of the molecule is Cc1cc(C)c2c(N)c(C(=O)NC3CCc4nc(N5CC(NC(=O)O)C(OC(C)C)C5)ncc4C3)sc2n1. The van der Waals surface area contributed by atoms with Crippen LogP contribution in [0.3, 0.4) is 0 Å². The second kappa shape index (κ2) is 10.3. The average Bonchev–Trinajstić information content (AvgIpc) is 3.38. The first-order chi connectivity index (χ1) is 18.1. The molecule has 0 spiro atoms. The van der Waals surface area contributed by atoms with Gasteiger partial charge in [-0.3, -0.25) is 4.79 Å². The molecule has 0 bridgehead atoms. The number of rotatable bonds is 6. The molecular weight excluding hydrogens is 506 g/mol. The number of nitrogens with one attached hydrogen (secondary N) is 2. The lowest BCUT2D eigenvalue weighted by Crippen LogP contribution is -2.44. The summed E-state index contributed by atoms with van der Waals surface area (Å²) in [4.78, 5) is 41.6. The van der Waals surface area contributed by atoms with Crippen molar-refractivity contribution in [1.29, 1.82) is 0 Å². The number of aromatic nitrogens is 3. The lowest BCUT2D eigenvalue weighted by Gasteiger charge is -2.26. The van der Waals surface area contributed by atoms with Gasteiger partial charge in [0, 0.05) is 42.1 Å². The van der Waals surface area contributed by atoms with Crippen LogP contribution in [0.15, 0.2) is 12.3 Å². The lowest BCUT2D eigenvalue weighted by atomic mass is 9.93. The van der Waals surface area contributed by atoms with Crippen molar-refractivity contribution in [1.82, 2.24) is 25.6 Å². The highest BCUT2D eigenvalue weighted by atomic mass is 32.1. The Bertz CT molecular complexity index is 1390. The van der Waals surface area contributed by atoms with Crippen LogP contribution in [0.1, 0.15) is 52.5 Å². The van der Waals surface area contributed by atoms with E-state index in [1.807, 2.05) is 44.9 Å². The number of hydrogen-bond donors (Lipinski definition) is 4. The lowest BCUT2D eigenvalue weighted by molar-refractivity contribution is 0.00694. The van der Waals surface area contributed by atoms with Gasteiger partial charge in [0.25, 0.3) is 5.91 Å². The normalized spacial score (nSPS) is 21.1. The van der Waals surface area contributed by atoms with Crippen molar-refractivity contribution < 1.29 is 19.4 Å². The Kier molecular flexibility index (Phi) is 7.10. The number of hydrogen-bond acceptors (Lipinski definition) is 9. The van der Waals surface area contributed by atoms with E-state index in [0.717, 1.165) is 39.2 Å². The number of aryl methyl sites for hydroxylation is 3. The molecule has 5 N–H and O–H groups in total. The molecule has 2 aliphatic rings. The van der Waals surface area contributed by atoms with Crippen LogP contribution in [0.5, 0.6) is 0 Å². The standard InChI is InChI=1S/C26H33N7O4S/c1-12(2)37-19-11-33(10-18(19)32-26(35)36)25-28-9-15-8-16(5-6-17(15)31-25)30-23(34)22-21(27)20-13(3)7-14(4)29-24(20)38-22/h7,9,12,16,18-19,32H,5-6,8,10-11,27H2,1-4H3,(H,30,34)(H,35,36). The maximum Gasteiger partial charge on any atom is 0.405 e. The number of nitrogen functional groups attached to an aromatic ring is 1. The summed E-state index contributed by atoms with van der Waals surface area (Å²) >= 11 is 1.33. The minimum Gasteiger partial charge on any atom is -0.465 e. The maximum absolute atomic E-state index is 13.1. The largest absolute Gasteiger partial charge is 0.465 e. The van der Waals surface area contributed by atoms with Gasteiger partial charge in [-0.1, -0.05) is 0 Å². The zero-order valence-corrected chi connectivity index (χ0v) is 22.8. The van der Waals surface area contributed by atoms with Crippen LogP contribution in [-0.2, 0) is 17.6 Å². The Hall–Kier alpha value is -3.51.